The largest absolute Gasteiger partial charge is 0.393 e. The van der Waals surface area contributed by atoms with E-state index in [1.807, 2.05) is 0 Å². The molecule has 27 heavy (non-hydrogen) atoms. The number of aliphatic hydroxyl groups is 1. The maximum absolute atomic E-state index is 9.61. The van der Waals surface area contributed by atoms with Crippen LogP contribution in [0.1, 0.15) is 57.6 Å². The number of hydrogen-bond acceptors (Lipinski definition) is 3. The zero-order chi connectivity index (χ0) is 19.5. The highest BCUT2D eigenvalue weighted by molar-refractivity contribution is 5.79. The molecule has 0 atom stereocenters. The van der Waals surface area contributed by atoms with E-state index in [1.54, 1.807) is 0 Å². The van der Waals surface area contributed by atoms with Crippen LogP contribution in [0.4, 0.5) is 0 Å². The van der Waals surface area contributed by atoms with Crippen LogP contribution in [0.3, 0.4) is 0 Å². The van der Waals surface area contributed by atoms with Gasteiger partial charge in [-0.1, -0.05) is 38.1 Å². The van der Waals surface area contributed by atoms with Crippen molar-refractivity contribution in [3.05, 3.63) is 35.4 Å². The van der Waals surface area contributed by atoms with Crippen molar-refractivity contribution >= 4 is 5.96 Å². The molecule has 5 nitrogen and oxygen atoms in total. The van der Waals surface area contributed by atoms with Crippen LogP contribution >= 0.6 is 0 Å². The summed E-state index contributed by atoms with van der Waals surface area (Å²) >= 11 is 0. The zero-order valence-corrected chi connectivity index (χ0v) is 17.4. The van der Waals surface area contributed by atoms with Gasteiger partial charge in [0.2, 0.25) is 0 Å². The van der Waals surface area contributed by atoms with Gasteiger partial charge in [-0.3, -0.25) is 4.90 Å². The van der Waals surface area contributed by atoms with Crippen molar-refractivity contribution in [2.24, 2.45) is 10.9 Å². The van der Waals surface area contributed by atoms with E-state index in [-0.39, 0.29) is 6.10 Å². The molecule has 0 bridgehead atoms. The monoisotopic (exact) mass is 374 g/mol. The molecule has 0 aromatic heterocycles. The second-order valence-electron chi connectivity index (χ2n) is 7.98. The number of likely N-dealkylation sites (tertiary alicyclic amines) is 1. The molecule has 1 aromatic rings. The molecule has 1 aliphatic heterocycles. The fourth-order valence-corrected chi connectivity index (χ4v) is 3.31. The van der Waals surface area contributed by atoms with Crippen LogP contribution in [-0.2, 0) is 13.1 Å². The minimum atomic E-state index is -0.105. The van der Waals surface area contributed by atoms with Gasteiger partial charge < -0.3 is 15.7 Å². The predicted octanol–water partition coefficient (Wildman–Crippen LogP) is 3.13. The fourth-order valence-electron chi connectivity index (χ4n) is 3.31. The van der Waals surface area contributed by atoms with Crippen LogP contribution in [0, 0.1) is 5.92 Å². The smallest absolute Gasteiger partial charge is 0.191 e. The van der Waals surface area contributed by atoms with Crippen LogP contribution in [0.5, 0.6) is 0 Å². The van der Waals surface area contributed by atoms with Crippen LogP contribution in [0.25, 0.3) is 0 Å². The summed E-state index contributed by atoms with van der Waals surface area (Å²) in [6, 6.07) is 8.78. The number of nitrogens with zero attached hydrogens (tertiary/aromatic N) is 2. The lowest BCUT2D eigenvalue weighted by molar-refractivity contribution is 0.0792. The number of guanidine groups is 1. The average molecular weight is 375 g/mol. The third-order valence-electron chi connectivity index (χ3n) is 5.00. The number of nitrogens with one attached hydrogen (secondary N) is 2. The Balaban J connectivity index is 1.79. The summed E-state index contributed by atoms with van der Waals surface area (Å²) in [5.41, 5.74) is 2.56. The molecule has 0 saturated carbocycles. The van der Waals surface area contributed by atoms with E-state index in [9.17, 15) is 5.11 Å². The number of benzene rings is 1. The van der Waals surface area contributed by atoms with Gasteiger partial charge in [0.05, 0.1) is 12.6 Å². The highest BCUT2D eigenvalue weighted by Gasteiger charge is 2.16. The van der Waals surface area contributed by atoms with E-state index < -0.39 is 0 Å². The molecule has 1 fully saturated rings. The van der Waals surface area contributed by atoms with Crippen molar-refractivity contribution in [1.82, 2.24) is 15.5 Å². The van der Waals surface area contributed by atoms with E-state index in [2.05, 4.69) is 60.6 Å². The van der Waals surface area contributed by atoms with E-state index in [0.717, 1.165) is 57.4 Å². The number of aliphatic imine (C=N–C) groups is 1. The second kappa shape index (κ2) is 12.0. The molecule has 0 amide bonds. The van der Waals surface area contributed by atoms with E-state index in [0.29, 0.717) is 6.54 Å². The van der Waals surface area contributed by atoms with Gasteiger partial charge in [0.15, 0.2) is 5.96 Å². The van der Waals surface area contributed by atoms with E-state index in [4.69, 9.17) is 4.99 Å². The van der Waals surface area contributed by atoms with Crippen LogP contribution in [0.2, 0.25) is 0 Å². The molecule has 152 valence electrons. The first kappa shape index (κ1) is 21.7. The lowest BCUT2D eigenvalue weighted by Gasteiger charge is -2.29. The van der Waals surface area contributed by atoms with Gasteiger partial charge in [0.25, 0.3) is 0 Å². The highest BCUT2D eigenvalue weighted by Crippen LogP contribution is 2.14. The maximum Gasteiger partial charge on any atom is 0.191 e. The summed E-state index contributed by atoms with van der Waals surface area (Å²) < 4.78 is 0. The Bertz CT molecular complexity index is 548. The topological polar surface area (TPSA) is 59.9 Å². The zero-order valence-electron chi connectivity index (χ0n) is 17.4. The van der Waals surface area contributed by atoms with Crippen molar-refractivity contribution in [3.8, 4) is 0 Å². The molecule has 1 aromatic carbocycles. The first-order valence-corrected chi connectivity index (χ1v) is 10.6. The highest BCUT2D eigenvalue weighted by atomic mass is 16.3. The Morgan fingerprint density at radius 1 is 1.15 bits per heavy atom. The van der Waals surface area contributed by atoms with Gasteiger partial charge in [0, 0.05) is 32.7 Å². The standard InChI is InChI=1S/C22H38N4O/c1-4-23-22(24-13-5-6-18(2)3)25-16-19-7-9-20(10-8-19)17-26-14-11-21(27)12-15-26/h7-10,18,21,27H,4-6,11-17H2,1-3H3,(H2,23,24,25). The molecule has 0 unspecified atom stereocenters. The minimum Gasteiger partial charge on any atom is -0.393 e. The number of aliphatic hydroxyl groups excluding tert-OH is 1. The molecule has 3 N–H and O–H groups in total. The van der Waals surface area contributed by atoms with Crippen LogP contribution in [-0.4, -0.2) is 48.2 Å². The summed E-state index contributed by atoms with van der Waals surface area (Å²) in [5, 5.41) is 16.4. The van der Waals surface area contributed by atoms with Gasteiger partial charge >= 0.3 is 0 Å². The van der Waals surface area contributed by atoms with E-state index in [1.165, 1.54) is 24.0 Å². The van der Waals surface area contributed by atoms with Gasteiger partial charge in [-0.2, -0.15) is 0 Å². The molecule has 0 spiro atoms. The second-order valence-corrected chi connectivity index (χ2v) is 7.98. The first-order chi connectivity index (χ1) is 13.1. The molecule has 1 heterocycles. The Kier molecular flexibility index (Phi) is 9.64. The van der Waals surface area contributed by atoms with Crippen LogP contribution < -0.4 is 10.6 Å². The fraction of sp³-hybridized carbons (Fsp3) is 0.682. The third kappa shape index (κ3) is 8.76. The Morgan fingerprint density at radius 2 is 1.81 bits per heavy atom. The Morgan fingerprint density at radius 3 is 2.44 bits per heavy atom. The normalized spacial score (nSPS) is 16.7. The Hall–Kier alpha value is -1.59. The maximum atomic E-state index is 9.61. The van der Waals surface area contributed by atoms with Crippen LogP contribution in [0.15, 0.2) is 29.3 Å². The predicted molar refractivity (Wildman–Crippen MR) is 114 cm³/mol. The Labute approximate surface area is 165 Å². The molecule has 0 aliphatic carbocycles. The molecule has 1 aliphatic rings. The van der Waals surface area contributed by atoms with Crippen molar-refractivity contribution in [2.45, 2.75) is 65.6 Å². The molecule has 2 rings (SSSR count). The number of piperidine rings is 1. The quantitative estimate of drug-likeness (QED) is 0.353. The average Bonchev–Trinajstić information content (AvgIpc) is 2.66. The third-order valence-corrected chi connectivity index (χ3v) is 5.00. The van der Waals surface area contributed by atoms with Gasteiger partial charge in [-0.25, -0.2) is 4.99 Å². The van der Waals surface area contributed by atoms with Crippen molar-refractivity contribution in [3.63, 3.8) is 0 Å². The summed E-state index contributed by atoms with van der Waals surface area (Å²) in [6.07, 6.45) is 4.09. The van der Waals surface area contributed by atoms with Crippen molar-refractivity contribution in [2.75, 3.05) is 26.2 Å². The molecule has 5 heteroatoms. The van der Waals surface area contributed by atoms with Gasteiger partial charge in [-0.15, -0.1) is 0 Å². The first-order valence-electron chi connectivity index (χ1n) is 10.6. The molecule has 0 radical (unpaired) electrons. The molecular formula is C22H38N4O. The van der Waals surface area contributed by atoms with E-state index >= 15 is 0 Å². The SMILES string of the molecule is CCNC(=NCc1ccc(CN2CCC(O)CC2)cc1)NCCCC(C)C. The summed E-state index contributed by atoms with van der Waals surface area (Å²) in [6.45, 7) is 12.1. The molecule has 1 saturated heterocycles. The number of rotatable bonds is 9. The lowest BCUT2D eigenvalue weighted by Crippen LogP contribution is -2.37. The molecular weight excluding hydrogens is 336 g/mol. The van der Waals surface area contributed by atoms with Gasteiger partial charge in [0.1, 0.15) is 0 Å². The minimum absolute atomic E-state index is 0.105. The summed E-state index contributed by atoms with van der Waals surface area (Å²) in [4.78, 5) is 7.13. The summed E-state index contributed by atoms with van der Waals surface area (Å²) in [5.74, 6) is 1.65. The van der Waals surface area contributed by atoms with Gasteiger partial charge in [-0.05, 0) is 49.7 Å². The number of hydrogen-bond donors (Lipinski definition) is 3. The van der Waals surface area contributed by atoms with Crippen molar-refractivity contribution < 1.29 is 5.11 Å². The lowest BCUT2D eigenvalue weighted by atomic mass is 10.1. The van der Waals surface area contributed by atoms with Crippen molar-refractivity contribution in [1.29, 1.82) is 0 Å². The summed E-state index contributed by atoms with van der Waals surface area (Å²) in [7, 11) is 0.